The summed E-state index contributed by atoms with van der Waals surface area (Å²) >= 11 is 0. The fraction of sp³-hybridized carbons (Fsp3) is 0.286. The first-order chi connectivity index (χ1) is 9.61. The van der Waals surface area contributed by atoms with Crippen LogP contribution in [0.15, 0.2) is 24.3 Å². The highest BCUT2D eigenvalue weighted by Crippen LogP contribution is 2.18. The Balaban J connectivity index is 2.03. The number of nitrogens with zero attached hydrogens (tertiary/aromatic N) is 1. The van der Waals surface area contributed by atoms with Crippen LogP contribution in [0.4, 0.5) is 11.4 Å². The molecule has 0 fully saturated rings. The molecule has 0 aliphatic rings. The van der Waals surface area contributed by atoms with E-state index in [-0.39, 0.29) is 11.6 Å². The van der Waals surface area contributed by atoms with Gasteiger partial charge in [0, 0.05) is 5.69 Å². The lowest BCUT2D eigenvalue weighted by Crippen LogP contribution is -2.14. The molecular formula is C14H18N4O2. The molecule has 1 aromatic heterocycles. The topological polar surface area (TPSA) is 93.0 Å². The van der Waals surface area contributed by atoms with Crippen molar-refractivity contribution in [1.82, 2.24) is 10.2 Å². The Morgan fingerprint density at radius 1 is 1.40 bits per heavy atom. The standard InChI is InChI=1S/C14H18N4O2/c1-3-8-20-11-6-4-10(5-7-11)16-14(19)13-12(15)9(2)17-18-13/h4-7H,3,8,15H2,1-2H3,(H,16,19)(H,17,18). The van der Waals surface area contributed by atoms with Crippen molar-refractivity contribution in [2.75, 3.05) is 17.7 Å². The predicted molar refractivity (Wildman–Crippen MR) is 77.9 cm³/mol. The second-order valence-corrected chi connectivity index (χ2v) is 4.44. The first-order valence-corrected chi connectivity index (χ1v) is 6.46. The SMILES string of the molecule is CCCOc1ccc(NC(=O)c2n[nH]c(C)c2N)cc1. The summed E-state index contributed by atoms with van der Waals surface area (Å²) in [5.74, 6) is 0.439. The highest BCUT2D eigenvalue weighted by molar-refractivity contribution is 6.06. The van der Waals surface area contributed by atoms with Crippen LogP contribution in [0.25, 0.3) is 0 Å². The summed E-state index contributed by atoms with van der Waals surface area (Å²) in [5, 5.41) is 9.30. The number of anilines is 2. The Morgan fingerprint density at radius 2 is 2.10 bits per heavy atom. The normalized spacial score (nSPS) is 10.3. The van der Waals surface area contributed by atoms with Crippen LogP contribution in [-0.2, 0) is 0 Å². The predicted octanol–water partition coefficient (Wildman–Crippen LogP) is 2.34. The first-order valence-electron chi connectivity index (χ1n) is 6.46. The number of benzene rings is 1. The number of nitrogens with one attached hydrogen (secondary N) is 2. The molecule has 0 radical (unpaired) electrons. The molecule has 0 saturated heterocycles. The second kappa shape index (κ2) is 6.10. The van der Waals surface area contributed by atoms with Gasteiger partial charge in [-0.2, -0.15) is 5.10 Å². The molecule has 0 spiro atoms. The number of aryl methyl sites for hydroxylation is 1. The average molecular weight is 274 g/mol. The minimum atomic E-state index is -0.339. The molecule has 0 bridgehead atoms. The molecule has 1 heterocycles. The van der Waals surface area contributed by atoms with Gasteiger partial charge in [0.2, 0.25) is 0 Å². The van der Waals surface area contributed by atoms with Gasteiger partial charge in [-0.25, -0.2) is 0 Å². The molecule has 1 amide bonds. The molecule has 6 nitrogen and oxygen atoms in total. The van der Waals surface area contributed by atoms with Gasteiger partial charge in [0.15, 0.2) is 5.69 Å². The van der Waals surface area contributed by atoms with Crippen molar-refractivity contribution in [3.8, 4) is 5.75 Å². The number of nitrogens with two attached hydrogens (primary N) is 1. The molecule has 4 N–H and O–H groups in total. The molecule has 0 saturated carbocycles. The third kappa shape index (κ3) is 3.09. The van der Waals surface area contributed by atoms with Gasteiger partial charge in [-0.05, 0) is 37.6 Å². The second-order valence-electron chi connectivity index (χ2n) is 4.44. The van der Waals surface area contributed by atoms with Crippen LogP contribution in [0.3, 0.4) is 0 Å². The Bertz CT molecular complexity index is 590. The fourth-order valence-electron chi connectivity index (χ4n) is 1.66. The number of amides is 1. The fourth-order valence-corrected chi connectivity index (χ4v) is 1.66. The zero-order valence-corrected chi connectivity index (χ0v) is 11.6. The van der Waals surface area contributed by atoms with Gasteiger partial charge in [-0.15, -0.1) is 0 Å². The van der Waals surface area contributed by atoms with Crippen molar-refractivity contribution in [1.29, 1.82) is 0 Å². The summed E-state index contributed by atoms with van der Waals surface area (Å²) in [6.07, 6.45) is 0.955. The highest BCUT2D eigenvalue weighted by Gasteiger charge is 2.15. The van der Waals surface area contributed by atoms with Crippen LogP contribution >= 0.6 is 0 Å². The van der Waals surface area contributed by atoms with Gasteiger partial charge in [0.1, 0.15) is 5.75 Å². The number of aromatic nitrogens is 2. The Morgan fingerprint density at radius 3 is 2.65 bits per heavy atom. The van der Waals surface area contributed by atoms with Crippen LogP contribution in [0.1, 0.15) is 29.5 Å². The van der Waals surface area contributed by atoms with E-state index in [0.29, 0.717) is 23.7 Å². The van der Waals surface area contributed by atoms with Crippen LogP contribution in [0.5, 0.6) is 5.75 Å². The zero-order chi connectivity index (χ0) is 14.5. The molecule has 2 aromatic rings. The van der Waals surface area contributed by atoms with E-state index in [0.717, 1.165) is 12.2 Å². The minimum Gasteiger partial charge on any atom is -0.494 e. The lowest BCUT2D eigenvalue weighted by atomic mass is 10.2. The van der Waals surface area contributed by atoms with Crippen molar-refractivity contribution >= 4 is 17.3 Å². The first kappa shape index (κ1) is 13.9. The van der Waals surface area contributed by atoms with E-state index in [1.54, 1.807) is 19.1 Å². The molecule has 0 atom stereocenters. The van der Waals surface area contributed by atoms with E-state index in [1.807, 2.05) is 19.1 Å². The number of hydrogen-bond donors (Lipinski definition) is 3. The maximum atomic E-state index is 12.0. The van der Waals surface area contributed by atoms with Crippen LogP contribution in [0, 0.1) is 6.92 Å². The van der Waals surface area contributed by atoms with Gasteiger partial charge in [0.05, 0.1) is 18.0 Å². The van der Waals surface area contributed by atoms with Gasteiger partial charge >= 0.3 is 0 Å². The van der Waals surface area contributed by atoms with Gasteiger partial charge in [0.25, 0.3) is 5.91 Å². The van der Waals surface area contributed by atoms with Crippen LogP contribution in [-0.4, -0.2) is 22.7 Å². The minimum absolute atomic E-state index is 0.203. The number of carbonyl (C=O) groups excluding carboxylic acids is 1. The Hall–Kier alpha value is -2.50. The van der Waals surface area contributed by atoms with Crippen LogP contribution < -0.4 is 15.8 Å². The quantitative estimate of drug-likeness (QED) is 0.780. The number of H-pyrrole nitrogens is 1. The van der Waals surface area contributed by atoms with E-state index >= 15 is 0 Å². The Labute approximate surface area is 117 Å². The van der Waals surface area contributed by atoms with Crippen molar-refractivity contribution in [2.45, 2.75) is 20.3 Å². The summed E-state index contributed by atoms with van der Waals surface area (Å²) in [7, 11) is 0. The summed E-state index contributed by atoms with van der Waals surface area (Å²) in [6, 6.07) is 7.17. The van der Waals surface area contributed by atoms with E-state index in [4.69, 9.17) is 10.5 Å². The van der Waals surface area contributed by atoms with Crippen LogP contribution in [0.2, 0.25) is 0 Å². The molecule has 1 aromatic carbocycles. The van der Waals surface area contributed by atoms with Crippen molar-refractivity contribution in [3.63, 3.8) is 0 Å². The summed E-state index contributed by atoms with van der Waals surface area (Å²) in [5.41, 5.74) is 7.68. The number of carbonyl (C=O) groups is 1. The number of nitrogen functional groups attached to an aromatic ring is 1. The third-order valence-corrected chi connectivity index (χ3v) is 2.79. The smallest absolute Gasteiger partial charge is 0.278 e. The van der Waals surface area contributed by atoms with Gasteiger partial charge in [-0.3, -0.25) is 9.89 Å². The molecule has 0 aliphatic heterocycles. The van der Waals surface area contributed by atoms with Crippen molar-refractivity contribution < 1.29 is 9.53 Å². The van der Waals surface area contributed by atoms with E-state index in [9.17, 15) is 4.79 Å². The molecule has 20 heavy (non-hydrogen) atoms. The zero-order valence-electron chi connectivity index (χ0n) is 11.6. The van der Waals surface area contributed by atoms with E-state index in [1.165, 1.54) is 0 Å². The molecule has 106 valence electrons. The van der Waals surface area contributed by atoms with Crippen molar-refractivity contribution in [2.24, 2.45) is 0 Å². The molecule has 2 rings (SSSR count). The van der Waals surface area contributed by atoms with Gasteiger partial charge < -0.3 is 15.8 Å². The van der Waals surface area contributed by atoms with Crippen molar-refractivity contribution in [3.05, 3.63) is 35.7 Å². The number of rotatable bonds is 5. The summed E-state index contributed by atoms with van der Waals surface area (Å²) < 4.78 is 5.47. The molecule has 0 unspecified atom stereocenters. The maximum absolute atomic E-state index is 12.0. The van der Waals surface area contributed by atoms with E-state index < -0.39 is 0 Å². The summed E-state index contributed by atoms with van der Waals surface area (Å²) in [6.45, 7) is 4.48. The van der Waals surface area contributed by atoms with Gasteiger partial charge in [-0.1, -0.05) is 6.92 Å². The molecule has 0 aliphatic carbocycles. The molecule has 6 heteroatoms. The highest BCUT2D eigenvalue weighted by atomic mass is 16.5. The summed E-state index contributed by atoms with van der Waals surface area (Å²) in [4.78, 5) is 12.0. The molecular weight excluding hydrogens is 256 g/mol. The number of aromatic amines is 1. The lowest BCUT2D eigenvalue weighted by molar-refractivity contribution is 0.102. The maximum Gasteiger partial charge on any atom is 0.278 e. The van der Waals surface area contributed by atoms with E-state index in [2.05, 4.69) is 15.5 Å². The lowest BCUT2D eigenvalue weighted by Gasteiger charge is -2.07. The average Bonchev–Trinajstić information content (AvgIpc) is 2.78. The number of ether oxygens (including phenoxy) is 1. The Kier molecular flexibility index (Phi) is 4.24. The largest absolute Gasteiger partial charge is 0.494 e. The third-order valence-electron chi connectivity index (χ3n) is 2.79. The monoisotopic (exact) mass is 274 g/mol. The number of hydrogen-bond acceptors (Lipinski definition) is 4.